The topological polar surface area (TPSA) is 136 Å². The SMILES string of the molecule is Cc1cc(C)nc(Nc2cc(NC(C(N)=O)C(C)C)cnc2C(N)=O)c1. The van der Waals surface area contributed by atoms with E-state index in [2.05, 4.69) is 20.6 Å². The third-order valence-electron chi connectivity index (χ3n) is 3.78. The molecule has 0 radical (unpaired) electrons. The number of primary amides is 2. The molecule has 6 N–H and O–H groups in total. The van der Waals surface area contributed by atoms with Gasteiger partial charge in [-0.05, 0) is 43.5 Å². The number of aromatic nitrogens is 2. The Hall–Kier alpha value is -3.16. The van der Waals surface area contributed by atoms with Crippen LogP contribution >= 0.6 is 0 Å². The minimum Gasteiger partial charge on any atom is -0.372 e. The van der Waals surface area contributed by atoms with Crippen molar-refractivity contribution in [2.24, 2.45) is 17.4 Å². The van der Waals surface area contributed by atoms with E-state index in [0.717, 1.165) is 11.3 Å². The van der Waals surface area contributed by atoms with Gasteiger partial charge in [-0.25, -0.2) is 9.97 Å². The second-order valence-electron chi connectivity index (χ2n) is 6.55. The lowest BCUT2D eigenvalue weighted by Crippen LogP contribution is -2.39. The number of nitrogens with two attached hydrogens (primary N) is 2. The highest BCUT2D eigenvalue weighted by atomic mass is 16.1. The zero-order valence-electron chi connectivity index (χ0n) is 15.3. The minimum absolute atomic E-state index is 0.0131. The van der Waals surface area contributed by atoms with Crippen LogP contribution in [-0.4, -0.2) is 27.8 Å². The summed E-state index contributed by atoms with van der Waals surface area (Å²) in [5.41, 5.74) is 13.7. The fraction of sp³-hybridized carbons (Fsp3) is 0.333. The van der Waals surface area contributed by atoms with E-state index in [9.17, 15) is 9.59 Å². The fourth-order valence-corrected chi connectivity index (χ4v) is 2.62. The second-order valence-corrected chi connectivity index (χ2v) is 6.55. The Bertz CT molecular complexity index is 814. The highest BCUT2D eigenvalue weighted by Crippen LogP contribution is 2.24. The van der Waals surface area contributed by atoms with E-state index in [0.29, 0.717) is 17.2 Å². The first kappa shape index (κ1) is 19.2. The van der Waals surface area contributed by atoms with Gasteiger partial charge in [-0.2, -0.15) is 0 Å². The first-order valence-electron chi connectivity index (χ1n) is 8.25. The number of anilines is 3. The third-order valence-corrected chi connectivity index (χ3v) is 3.78. The van der Waals surface area contributed by atoms with E-state index >= 15 is 0 Å². The van der Waals surface area contributed by atoms with E-state index in [1.54, 1.807) is 6.07 Å². The molecule has 2 heterocycles. The molecule has 8 nitrogen and oxygen atoms in total. The lowest BCUT2D eigenvalue weighted by Gasteiger charge is -2.21. The predicted octanol–water partition coefficient (Wildman–Crippen LogP) is 1.86. The van der Waals surface area contributed by atoms with Gasteiger partial charge in [0.1, 0.15) is 11.9 Å². The summed E-state index contributed by atoms with van der Waals surface area (Å²) < 4.78 is 0. The number of nitrogens with one attached hydrogen (secondary N) is 2. The van der Waals surface area contributed by atoms with Gasteiger partial charge in [0.25, 0.3) is 5.91 Å². The van der Waals surface area contributed by atoms with Crippen molar-refractivity contribution in [3.05, 3.63) is 41.3 Å². The average Bonchev–Trinajstić information content (AvgIpc) is 2.50. The molecule has 1 unspecified atom stereocenters. The lowest BCUT2D eigenvalue weighted by molar-refractivity contribution is -0.119. The third kappa shape index (κ3) is 4.69. The Labute approximate surface area is 152 Å². The highest BCUT2D eigenvalue weighted by Gasteiger charge is 2.20. The molecule has 0 aliphatic carbocycles. The zero-order valence-corrected chi connectivity index (χ0v) is 15.3. The molecule has 2 amide bonds. The summed E-state index contributed by atoms with van der Waals surface area (Å²) >= 11 is 0. The Morgan fingerprint density at radius 2 is 1.81 bits per heavy atom. The van der Waals surface area contributed by atoms with Crippen molar-refractivity contribution in [3.63, 3.8) is 0 Å². The number of pyridine rings is 2. The standard InChI is InChI=1S/C18H24N6O2/c1-9(2)15(17(19)25)23-12-7-13(16(18(20)26)21-8-12)24-14-6-10(3)5-11(4)22-14/h5-9,15,23H,1-4H3,(H2,19,25)(H2,20,26)(H,22,24). The highest BCUT2D eigenvalue weighted by molar-refractivity contribution is 5.97. The van der Waals surface area contributed by atoms with Crippen LogP contribution in [0.15, 0.2) is 24.4 Å². The molecule has 0 spiro atoms. The number of aryl methyl sites for hydroxylation is 2. The summed E-state index contributed by atoms with van der Waals surface area (Å²) in [6.07, 6.45) is 1.44. The van der Waals surface area contributed by atoms with Crippen LogP contribution in [0.3, 0.4) is 0 Å². The van der Waals surface area contributed by atoms with Gasteiger partial charge in [-0.3, -0.25) is 9.59 Å². The van der Waals surface area contributed by atoms with Gasteiger partial charge in [0.2, 0.25) is 5.91 Å². The van der Waals surface area contributed by atoms with Gasteiger partial charge in [0.05, 0.1) is 17.6 Å². The molecule has 2 rings (SSSR count). The fourth-order valence-electron chi connectivity index (χ4n) is 2.62. The molecule has 0 fully saturated rings. The molecule has 0 bridgehead atoms. The number of rotatable bonds is 7. The second kappa shape index (κ2) is 7.81. The number of amides is 2. The zero-order chi connectivity index (χ0) is 19.4. The monoisotopic (exact) mass is 356 g/mol. The van der Waals surface area contributed by atoms with E-state index in [1.165, 1.54) is 6.20 Å². The lowest BCUT2D eigenvalue weighted by atomic mass is 10.0. The van der Waals surface area contributed by atoms with Crippen LogP contribution in [0.5, 0.6) is 0 Å². The molecule has 0 aromatic carbocycles. The van der Waals surface area contributed by atoms with Gasteiger partial charge in [0.15, 0.2) is 5.69 Å². The van der Waals surface area contributed by atoms with Crippen LogP contribution in [0.4, 0.5) is 17.2 Å². The summed E-state index contributed by atoms with van der Waals surface area (Å²) in [5.74, 6) is -0.580. The van der Waals surface area contributed by atoms with Gasteiger partial charge < -0.3 is 22.1 Å². The Morgan fingerprint density at radius 1 is 1.12 bits per heavy atom. The van der Waals surface area contributed by atoms with Crippen molar-refractivity contribution in [3.8, 4) is 0 Å². The predicted molar refractivity (Wildman–Crippen MR) is 101 cm³/mol. The number of carbonyl (C=O) groups excluding carboxylic acids is 2. The quantitative estimate of drug-likeness (QED) is 0.598. The molecule has 26 heavy (non-hydrogen) atoms. The summed E-state index contributed by atoms with van der Waals surface area (Å²) in [6.45, 7) is 7.59. The molecule has 0 aliphatic heterocycles. The van der Waals surface area contributed by atoms with Crippen LogP contribution in [0.1, 0.15) is 35.6 Å². The summed E-state index contributed by atoms with van der Waals surface area (Å²) in [4.78, 5) is 31.8. The van der Waals surface area contributed by atoms with Crippen LogP contribution < -0.4 is 22.1 Å². The first-order valence-corrected chi connectivity index (χ1v) is 8.25. The molecule has 8 heteroatoms. The number of hydrogen-bond donors (Lipinski definition) is 4. The Kier molecular flexibility index (Phi) is 5.76. The van der Waals surface area contributed by atoms with Gasteiger partial charge in [-0.15, -0.1) is 0 Å². The van der Waals surface area contributed by atoms with Crippen molar-refractivity contribution in [2.45, 2.75) is 33.7 Å². The molecule has 2 aromatic rings. The molecular formula is C18H24N6O2. The van der Waals surface area contributed by atoms with E-state index in [4.69, 9.17) is 11.5 Å². The van der Waals surface area contributed by atoms with Gasteiger partial charge in [-0.1, -0.05) is 13.8 Å². The number of nitrogens with zero attached hydrogens (tertiary/aromatic N) is 2. The molecular weight excluding hydrogens is 332 g/mol. The molecule has 0 saturated carbocycles. The first-order chi connectivity index (χ1) is 12.2. The summed E-state index contributed by atoms with van der Waals surface area (Å²) in [7, 11) is 0. The molecule has 0 aliphatic rings. The van der Waals surface area contributed by atoms with E-state index in [1.807, 2.05) is 39.8 Å². The van der Waals surface area contributed by atoms with Gasteiger partial charge >= 0.3 is 0 Å². The maximum atomic E-state index is 11.7. The van der Waals surface area contributed by atoms with Crippen molar-refractivity contribution in [1.29, 1.82) is 0 Å². The number of carbonyl (C=O) groups is 2. The molecule has 138 valence electrons. The summed E-state index contributed by atoms with van der Waals surface area (Å²) in [5, 5.41) is 6.12. The number of hydrogen-bond acceptors (Lipinski definition) is 6. The molecule has 1 atom stereocenters. The molecule has 2 aromatic heterocycles. The molecule has 0 saturated heterocycles. The summed E-state index contributed by atoms with van der Waals surface area (Å²) in [6, 6.07) is 4.88. The average molecular weight is 356 g/mol. The van der Waals surface area contributed by atoms with Crippen molar-refractivity contribution in [1.82, 2.24) is 9.97 Å². The van der Waals surface area contributed by atoms with Crippen LogP contribution in [0.2, 0.25) is 0 Å². The minimum atomic E-state index is -0.668. The van der Waals surface area contributed by atoms with E-state index < -0.39 is 17.9 Å². The smallest absolute Gasteiger partial charge is 0.269 e. The largest absolute Gasteiger partial charge is 0.372 e. The van der Waals surface area contributed by atoms with Crippen LogP contribution in [0.25, 0.3) is 0 Å². The van der Waals surface area contributed by atoms with E-state index in [-0.39, 0.29) is 11.6 Å². The van der Waals surface area contributed by atoms with Crippen LogP contribution in [0, 0.1) is 19.8 Å². The maximum Gasteiger partial charge on any atom is 0.269 e. The van der Waals surface area contributed by atoms with Crippen LogP contribution in [-0.2, 0) is 4.79 Å². The normalized spacial score (nSPS) is 11.9. The van der Waals surface area contributed by atoms with Crippen molar-refractivity contribution >= 4 is 29.0 Å². The van der Waals surface area contributed by atoms with Crippen molar-refractivity contribution < 1.29 is 9.59 Å². The Balaban J connectivity index is 2.39. The van der Waals surface area contributed by atoms with Gasteiger partial charge in [0, 0.05) is 5.69 Å². The van der Waals surface area contributed by atoms with Crippen molar-refractivity contribution in [2.75, 3.05) is 10.6 Å². The maximum absolute atomic E-state index is 11.7. The Morgan fingerprint density at radius 3 is 2.35 bits per heavy atom.